The maximum atomic E-state index is 6.19. The minimum absolute atomic E-state index is 0.0798. The first kappa shape index (κ1) is 25.9. The molecule has 0 aliphatic heterocycles. The van der Waals surface area contributed by atoms with Crippen LogP contribution in [0.15, 0.2) is 150 Å². The number of furan rings is 1. The summed E-state index contributed by atoms with van der Waals surface area (Å²) in [7, 11) is 0. The summed E-state index contributed by atoms with van der Waals surface area (Å²) >= 11 is 0. The lowest BCUT2D eigenvalue weighted by Crippen LogP contribution is -2.10. The molecule has 2 nitrogen and oxygen atoms in total. The molecule has 7 rings (SSSR count). The monoisotopic (exact) mass is 543 g/mol. The highest BCUT2D eigenvalue weighted by Gasteiger charge is 2.17. The van der Waals surface area contributed by atoms with Crippen molar-refractivity contribution in [1.29, 1.82) is 0 Å². The van der Waals surface area contributed by atoms with Gasteiger partial charge in [-0.05, 0) is 93.9 Å². The van der Waals surface area contributed by atoms with Crippen LogP contribution in [0.25, 0.3) is 44.2 Å². The molecule has 0 saturated heterocycles. The summed E-state index contributed by atoms with van der Waals surface area (Å²) in [5.41, 5.74) is 11.4. The highest BCUT2D eigenvalue weighted by atomic mass is 16.3. The molecule has 1 aromatic heterocycles. The summed E-state index contributed by atoms with van der Waals surface area (Å²) in [4.78, 5) is 2.32. The van der Waals surface area contributed by atoms with Gasteiger partial charge < -0.3 is 9.32 Å². The molecule has 7 aromatic rings. The van der Waals surface area contributed by atoms with E-state index in [2.05, 4.69) is 171 Å². The molecule has 0 bridgehead atoms. The van der Waals surface area contributed by atoms with E-state index in [0.717, 1.165) is 33.6 Å². The van der Waals surface area contributed by atoms with Crippen molar-refractivity contribution in [2.45, 2.75) is 26.2 Å². The van der Waals surface area contributed by atoms with Crippen LogP contribution in [0.3, 0.4) is 0 Å². The van der Waals surface area contributed by atoms with Gasteiger partial charge in [0.15, 0.2) is 0 Å². The topological polar surface area (TPSA) is 16.4 Å². The Morgan fingerprint density at radius 2 is 0.952 bits per heavy atom. The van der Waals surface area contributed by atoms with Crippen LogP contribution in [0, 0.1) is 0 Å². The van der Waals surface area contributed by atoms with Gasteiger partial charge in [0.05, 0.1) is 0 Å². The SMILES string of the molecule is CC(C)(C)c1ccc2oc3ccc(-c4ccc(N(c5ccccc5)c5cccc(-c6ccccc6)c5)cc4)cc3c2c1. The van der Waals surface area contributed by atoms with Crippen molar-refractivity contribution in [1.82, 2.24) is 0 Å². The summed E-state index contributed by atoms with van der Waals surface area (Å²) in [5.74, 6) is 0. The molecular weight excluding hydrogens is 510 g/mol. The molecule has 0 radical (unpaired) electrons. The molecule has 0 aliphatic rings. The lowest BCUT2D eigenvalue weighted by molar-refractivity contribution is 0.590. The van der Waals surface area contributed by atoms with Crippen LogP contribution < -0.4 is 4.90 Å². The lowest BCUT2D eigenvalue weighted by atomic mass is 9.86. The van der Waals surface area contributed by atoms with Crippen molar-refractivity contribution in [3.05, 3.63) is 151 Å². The van der Waals surface area contributed by atoms with Crippen molar-refractivity contribution < 1.29 is 4.42 Å². The summed E-state index contributed by atoms with van der Waals surface area (Å²) < 4.78 is 6.19. The van der Waals surface area contributed by atoms with E-state index >= 15 is 0 Å². The zero-order chi connectivity index (χ0) is 28.7. The molecule has 42 heavy (non-hydrogen) atoms. The van der Waals surface area contributed by atoms with Gasteiger partial charge in [-0.2, -0.15) is 0 Å². The number of anilines is 3. The maximum Gasteiger partial charge on any atom is 0.135 e. The molecule has 204 valence electrons. The van der Waals surface area contributed by atoms with Gasteiger partial charge in [-0.1, -0.05) is 106 Å². The molecular formula is C40H33NO. The fraction of sp³-hybridized carbons (Fsp3) is 0.100. The smallest absolute Gasteiger partial charge is 0.135 e. The number of fused-ring (bicyclic) bond motifs is 3. The quantitative estimate of drug-likeness (QED) is 0.215. The zero-order valence-electron chi connectivity index (χ0n) is 24.2. The van der Waals surface area contributed by atoms with Gasteiger partial charge in [0.1, 0.15) is 11.2 Å². The fourth-order valence-electron chi connectivity index (χ4n) is 5.71. The largest absolute Gasteiger partial charge is 0.456 e. The van der Waals surface area contributed by atoms with E-state index in [-0.39, 0.29) is 5.41 Å². The Morgan fingerprint density at radius 3 is 1.67 bits per heavy atom. The first-order chi connectivity index (χ1) is 20.4. The van der Waals surface area contributed by atoms with Gasteiger partial charge in [-0.25, -0.2) is 0 Å². The Kier molecular flexibility index (Phi) is 6.40. The van der Waals surface area contributed by atoms with Crippen LogP contribution >= 0.6 is 0 Å². The third-order valence-electron chi connectivity index (χ3n) is 8.02. The molecule has 0 spiro atoms. The van der Waals surface area contributed by atoms with Crippen LogP contribution in [0.5, 0.6) is 0 Å². The summed E-state index contributed by atoms with van der Waals surface area (Å²) in [6.07, 6.45) is 0. The number of rotatable bonds is 5. The van der Waals surface area contributed by atoms with Crippen molar-refractivity contribution in [3.63, 3.8) is 0 Å². The first-order valence-corrected chi connectivity index (χ1v) is 14.5. The van der Waals surface area contributed by atoms with Crippen LogP contribution in [-0.2, 0) is 5.41 Å². The molecule has 6 aromatic carbocycles. The molecule has 1 heterocycles. The molecule has 0 N–H and O–H groups in total. The number of benzene rings is 6. The van der Waals surface area contributed by atoms with E-state index in [1.807, 2.05) is 0 Å². The lowest BCUT2D eigenvalue weighted by Gasteiger charge is -2.26. The highest BCUT2D eigenvalue weighted by Crippen LogP contribution is 2.39. The molecule has 0 amide bonds. The summed E-state index contributed by atoms with van der Waals surface area (Å²) in [6.45, 7) is 6.75. The minimum atomic E-state index is 0.0798. The Balaban J connectivity index is 1.28. The zero-order valence-corrected chi connectivity index (χ0v) is 24.2. The minimum Gasteiger partial charge on any atom is -0.456 e. The van der Waals surface area contributed by atoms with E-state index in [9.17, 15) is 0 Å². The summed E-state index contributed by atoms with van der Waals surface area (Å²) in [6, 6.07) is 51.8. The second kappa shape index (κ2) is 10.4. The van der Waals surface area contributed by atoms with Crippen molar-refractivity contribution in [2.24, 2.45) is 0 Å². The van der Waals surface area contributed by atoms with E-state index in [1.54, 1.807) is 0 Å². The molecule has 0 saturated carbocycles. The van der Waals surface area contributed by atoms with Gasteiger partial charge in [-0.15, -0.1) is 0 Å². The number of hydrogen-bond donors (Lipinski definition) is 0. The average Bonchev–Trinajstić information content (AvgIpc) is 3.40. The highest BCUT2D eigenvalue weighted by molar-refractivity contribution is 6.06. The van der Waals surface area contributed by atoms with Crippen LogP contribution in [0.2, 0.25) is 0 Å². The third kappa shape index (κ3) is 4.86. The molecule has 0 fully saturated rings. The van der Waals surface area contributed by atoms with Crippen molar-refractivity contribution >= 4 is 39.0 Å². The van der Waals surface area contributed by atoms with Crippen molar-refractivity contribution in [2.75, 3.05) is 4.90 Å². The van der Waals surface area contributed by atoms with Crippen LogP contribution in [-0.4, -0.2) is 0 Å². The normalized spacial score (nSPS) is 11.7. The third-order valence-corrected chi connectivity index (χ3v) is 8.02. The second-order valence-electron chi connectivity index (χ2n) is 11.9. The molecule has 2 heteroatoms. The number of para-hydroxylation sites is 1. The molecule has 0 aliphatic carbocycles. The Hall–Kier alpha value is -5.08. The number of hydrogen-bond acceptors (Lipinski definition) is 2. The van der Waals surface area contributed by atoms with Gasteiger partial charge in [-0.3, -0.25) is 0 Å². The maximum absolute atomic E-state index is 6.19. The predicted octanol–water partition coefficient (Wildman–Crippen LogP) is 11.7. The molecule has 0 unspecified atom stereocenters. The van der Waals surface area contributed by atoms with Gasteiger partial charge >= 0.3 is 0 Å². The summed E-state index contributed by atoms with van der Waals surface area (Å²) in [5, 5.41) is 2.32. The van der Waals surface area contributed by atoms with Gasteiger partial charge in [0.25, 0.3) is 0 Å². The van der Waals surface area contributed by atoms with E-state index in [0.29, 0.717) is 0 Å². The molecule has 0 atom stereocenters. The Bertz CT molecular complexity index is 2000. The van der Waals surface area contributed by atoms with E-state index < -0.39 is 0 Å². The van der Waals surface area contributed by atoms with Gasteiger partial charge in [0, 0.05) is 27.8 Å². The van der Waals surface area contributed by atoms with Crippen LogP contribution in [0.1, 0.15) is 26.3 Å². The van der Waals surface area contributed by atoms with Crippen molar-refractivity contribution in [3.8, 4) is 22.3 Å². The van der Waals surface area contributed by atoms with Gasteiger partial charge in [0.2, 0.25) is 0 Å². The van der Waals surface area contributed by atoms with Crippen LogP contribution in [0.4, 0.5) is 17.1 Å². The number of nitrogens with zero attached hydrogens (tertiary/aromatic N) is 1. The Labute approximate surface area is 247 Å². The predicted molar refractivity (Wildman–Crippen MR) is 178 cm³/mol. The second-order valence-corrected chi connectivity index (χ2v) is 11.9. The van der Waals surface area contributed by atoms with E-state index in [1.165, 1.54) is 33.2 Å². The standard InChI is InChI=1S/C40H33NO/c1-40(2,3)32-20-24-39-37(27-32)36-26-31(19-23-38(36)42-39)29-17-21-34(22-18-29)41(33-14-8-5-9-15-33)35-16-10-13-30(25-35)28-11-6-4-7-12-28/h4-27H,1-3H3. The Morgan fingerprint density at radius 1 is 0.429 bits per heavy atom. The fourth-order valence-corrected chi connectivity index (χ4v) is 5.71. The average molecular weight is 544 g/mol. The first-order valence-electron chi connectivity index (χ1n) is 14.5. The van der Waals surface area contributed by atoms with E-state index in [4.69, 9.17) is 4.42 Å².